The van der Waals surface area contributed by atoms with Crippen molar-refractivity contribution in [3.8, 4) is 12.3 Å². The van der Waals surface area contributed by atoms with Crippen molar-refractivity contribution in [1.82, 2.24) is 20.5 Å². The molecule has 0 amide bonds. The predicted octanol–water partition coefficient (Wildman–Crippen LogP) is 1.92. The van der Waals surface area contributed by atoms with E-state index in [-0.39, 0.29) is 24.0 Å². The van der Waals surface area contributed by atoms with E-state index in [0.29, 0.717) is 12.5 Å². The quantitative estimate of drug-likeness (QED) is 0.314. The maximum atomic E-state index is 5.67. The fourth-order valence-electron chi connectivity index (χ4n) is 2.74. The van der Waals surface area contributed by atoms with Crippen LogP contribution in [-0.4, -0.2) is 49.1 Å². The Kier molecular flexibility index (Phi) is 9.14. The summed E-state index contributed by atoms with van der Waals surface area (Å²) in [6, 6.07) is 0. The molecule has 0 aliphatic carbocycles. The molecule has 24 heavy (non-hydrogen) atoms. The van der Waals surface area contributed by atoms with Crippen LogP contribution < -0.4 is 10.6 Å². The fourth-order valence-corrected chi connectivity index (χ4v) is 2.74. The van der Waals surface area contributed by atoms with Crippen LogP contribution >= 0.6 is 24.0 Å². The fraction of sp³-hybridized carbons (Fsp3) is 0.647. The van der Waals surface area contributed by atoms with Gasteiger partial charge in [-0.25, -0.2) is 4.98 Å². The van der Waals surface area contributed by atoms with Gasteiger partial charge in [-0.2, -0.15) is 0 Å². The molecule has 134 valence electrons. The van der Waals surface area contributed by atoms with Crippen molar-refractivity contribution < 1.29 is 4.42 Å². The van der Waals surface area contributed by atoms with E-state index in [1.165, 1.54) is 0 Å². The zero-order chi connectivity index (χ0) is 16.7. The summed E-state index contributed by atoms with van der Waals surface area (Å²) in [5, 5.41) is 6.42. The van der Waals surface area contributed by atoms with Crippen LogP contribution in [0.3, 0.4) is 0 Å². The van der Waals surface area contributed by atoms with Gasteiger partial charge in [0, 0.05) is 13.6 Å². The van der Waals surface area contributed by atoms with E-state index in [1.54, 1.807) is 7.05 Å². The molecule has 0 spiro atoms. The van der Waals surface area contributed by atoms with E-state index in [4.69, 9.17) is 10.8 Å². The number of hydrogen-bond acceptors (Lipinski definition) is 4. The van der Waals surface area contributed by atoms with Crippen molar-refractivity contribution in [2.45, 2.75) is 33.2 Å². The predicted molar refractivity (Wildman–Crippen MR) is 108 cm³/mol. The topological polar surface area (TPSA) is 65.7 Å². The summed E-state index contributed by atoms with van der Waals surface area (Å²) in [6.07, 6.45) is 7.58. The number of aromatic nitrogens is 1. The van der Waals surface area contributed by atoms with Gasteiger partial charge in [-0.3, -0.25) is 9.89 Å². The third kappa shape index (κ3) is 6.32. The van der Waals surface area contributed by atoms with Crippen LogP contribution in [0.2, 0.25) is 0 Å². The SMILES string of the molecule is C#CCNC(=NC)NCC1CCN(Cc2nc(C)c(C)o2)CC1.I. The van der Waals surface area contributed by atoms with Crippen LogP contribution in [0.1, 0.15) is 30.2 Å². The minimum absolute atomic E-state index is 0. The van der Waals surface area contributed by atoms with Gasteiger partial charge in [0.15, 0.2) is 5.96 Å². The average molecular weight is 445 g/mol. The monoisotopic (exact) mass is 445 g/mol. The lowest BCUT2D eigenvalue weighted by molar-refractivity contribution is 0.164. The Labute approximate surface area is 161 Å². The molecule has 1 aliphatic heterocycles. The number of nitrogens with zero attached hydrogens (tertiary/aromatic N) is 3. The van der Waals surface area contributed by atoms with E-state index in [9.17, 15) is 0 Å². The lowest BCUT2D eigenvalue weighted by atomic mass is 9.97. The van der Waals surface area contributed by atoms with Gasteiger partial charge in [-0.15, -0.1) is 30.4 Å². The van der Waals surface area contributed by atoms with Crippen molar-refractivity contribution in [3.05, 3.63) is 17.3 Å². The number of aryl methyl sites for hydroxylation is 2. The second-order valence-electron chi connectivity index (χ2n) is 5.98. The Balaban J connectivity index is 0.00000288. The third-order valence-corrected chi connectivity index (χ3v) is 4.28. The number of guanidine groups is 1. The van der Waals surface area contributed by atoms with Gasteiger partial charge in [0.25, 0.3) is 0 Å². The molecule has 1 fully saturated rings. The summed E-state index contributed by atoms with van der Waals surface area (Å²) in [4.78, 5) is 11.0. The second kappa shape index (κ2) is 10.6. The molecule has 0 bridgehead atoms. The van der Waals surface area contributed by atoms with E-state index >= 15 is 0 Å². The molecule has 1 aromatic heterocycles. The molecule has 1 aliphatic rings. The number of halogens is 1. The van der Waals surface area contributed by atoms with Crippen LogP contribution in [0.15, 0.2) is 9.41 Å². The first-order chi connectivity index (χ1) is 11.1. The molecular formula is C17H28IN5O. The molecule has 7 heteroatoms. The van der Waals surface area contributed by atoms with Gasteiger partial charge in [0.05, 0.1) is 18.8 Å². The van der Waals surface area contributed by atoms with E-state index in [2.05, 4.69) is 31.4 Å². The lowest BCUT2D eigenvalue weighted by Gasteiger charge is -2.31. The number of rotatable bonds is 5. The number of oxazole rings is 1. The number of piperidine rings is 1. The van der Waals surface area contributed by atoms with Gasteiger partial charge >= 0.3 is 0 Å². The normalized spacial score (nSPS) is 16.3. The first-order valence-electron chi connectivity index (χ1n) is 8.15. The number of hydrogen-bond donors (Lipinski definition) is 2. The highest BCUT2D eigenvalue weighted by molar-refractivity contribution is 14.0. The van der Waals surface area contributed by atoms with Crippen molar-refractivity contribution in [2.75, 3.05) is 33.2 Å². The molecule has 0 radical (unpaired) electrons. The zero-order valence-electron chi connectivity index (χ0n) is 14.8. The highest BCUT2D eigenvalue weighted by Crippen LogP contribution is 2.19. The summed E-state index contributed by atoms with van der Waals surface area (Å²) in [7, 11) is 1.76. The Morgan fingerprint density at radius 1 is 1.38 bits per heavy atom. The molecular weight excluding hydrogens is 417 g/mol. The van der Waals surface area contributed by atoms with Gasteiger partial charge in [-0.05, 0) is 45.7 Å². The summed E-state index contributed by atoms with van der Waals surface area (Å²) in [5.41, 5.74) is 0.991. The molecule has 2 heterocycles. The Hall–Kier alpha value is -1.27. The number of likely N-dealkylation sites (tertiary alicyclic amines) is 1. The number of terminal acetylenes is 1. The minimum Gasteiger partial charge on any atom is -0.444 e. The van der Waals surface area contributed by atoms with Crippen molar-refractivity contribution in [2.24, 2.45) is 10.9 Å². The smallest absolute Gasteiger partial charge is 0.208 e. The van der Waals surface area contributed by atoms with Gasteiger partial charge < -0.3 is 15.1 Å². The molecule has 2 N–H and O–H groups in total. The van der Waals surface area contributed by atoms with E-state index < -0.39 is 0 Å². The first kappa shape index (κ1) is 20.8. The van der Waals surface area contributed by atoms with Crippen molar-refractivity contribution in [3.63, 3.8) is 0 Å². The lowest BCUT2D eigenvalue weighted by Crippen LogP contribution is -2.42. The largest absolute Gasteiger partial charge is 0.444 e. The highest BCUT2D eigenvalue weighted by Gasteiger charge is 2.21. The van der Waals surface area contributed by atoms with Crippen LogP contribution in [0.5, 0.6) is 0 Å². The number of aliphatic imine (C=N–C) groups is 1. The maximum Gasteiger partial charge on any atom is 0.208 e. The van der Waals surface area contributed by atoms with Crippen LogP contribution in [0.4, 0.5) is 0 Å². The first-order valence-corrected chi connectivity index (χ1v) is 8.15. The van der Waals surface area contributed by atoms with E-state index in [1.807, 2.05) is 13.8 Å². The summed E-state index contributed by atoms with van der Waals surface area (Å²) >= 11 is 0. The average Bonchev–Trinajstić information content (AvgIpc) is 2.87. The second-order valence-corrected chi connectivity index (χ2v) is 5.98. The van der Waals surface area contributed by atoms with Gasteiger partial charge in [0.1, 0.15) is 5.76 Å². The summed E-state index contributed by atoms with van der Waals surface area (Å²) in [6.45, 7) is 8.32. The Bertz CT molecular complexity index is 551. The molecule has 2 rings (SSSR count). The molecule has 1 saturated heterocycles. The van der Waals surface area contributed by atoms with E-state index in [0.717, 1.165) is 62.3 Å². The summed E-state index contributed by atoms with van der Waals surface area (Å²) < 4.78 is 5.67. The zero-order valence-corrected chi connectivity index (χ0v) is 17.1. The highest BCUT2D eigenvalue weighted by atomic mass is 127. The van der Waals surface area contributed by atoms with Crippen LogP contribution in [0, 0.1) is 32.1 Å². The molecule has 0 aromatic carbocycles. The third-order valence-electron chi connectivity index (χ3n) is 4.28. The Morgan fingerprint density at radius 3 is 2.62 bits per heavy atom. The molecule has 6 nitrogen and oxygen atoms in total. The summed E-state index contributed by atoms with van der Waals surface area (Å²) in [5.74, 6) is 5.73. The molecule has 0 atom stereocenters. The Morgan fingerprint density at radius 2 is 2.08 bits per heavy atom. The molecule has 1 aromatic rings. The van der Waals surface area contributed by atoms with Crippen molar-refractivity contribution in [1.29, 1.82) is 0 Å². The van der Waals surface area contributed by atoms with Crippen LogP contribution in [-0.2, 0) is 6.54 Å². The van der Waals surface area contributed by atoms with Crippen molar-refractivity contribution >= 4 is 29.9 Å². The number of nitrogens with one attached hydrogen (secondary N) is 2. The van der Waals surface area contributed by atoms with Crippen LogP contribution in [0.25, 0.3) is 0 Å². The standard InChI is InChI=1S/C17H27N5O.HI/c1-5-8-19-17(18-4)20-11-15-6-9-22(10-7-15)12-16-21-13(2)14(3)23-16;/h1,15H,6-12H2,2-4H3,(H2,18,19,20);1H. The molecule has 0 unspecified atom stereocenters. The maximum absolute atomic E-state index is 5.67. The van der Waals surface area contributed by atoms with Gasteiger partial charge in [0.2, 0.25) is 5.89 Å². The molecule has 0 saturated carbocycles. The van der Waals surface area contributed by atoms with Gasteiger partial charge in [-0.1, -0.05) is 5.92 Å². The minimum atomic E-state index is 0.